The second-order valence-electron chi connectivity index (χ2n) is 5.06. The van der Waals surface area contributed by atoms with Crippen LogP contribution in [0.3, 0.4) is 0 Å². The minimum Gasteiger partial charge on any atom is -0.433 e. The number of aromatic nitrogens is 2. The molecule has 1 heterocycles. The van der Waals surface area contributed by atoms with Gasteiger partial charge in [-0.2, -0.15) is 9.97 Å². The number of hydrogen-bond acceptors (Lipinski definition) is 6. The van der Waals surface area contributed by atoms with E-state index in [-0.39, 0.29) is 11.8 Å². The van der Waals surface area contributed by atoms with Gasteiger partial charge in [-0.3, -0.25) is 10.1 Å². The lowest BCUT2D eigenvalue weighted by Crippen LogP contribution is -2.01. The maximum Gasteiger partial charge on any atom is 0.393 e. The van der Waals surface area contributed by atoms with Gasteiger partial charge in [0.15, 0.2) is 0 Å². The lowest BCUT2D eigenvalue weighted by molar-refractivity contribution is -0.387. The number of rotatable bonds is 5. The van der Waals surface area contributed by atoms with Crippen LogP contribution in [-0.4, -0.2) is 14.9 Å². The van der Waals surface area contributed by atoms with Crippen molar-refractivity contribution in [3.63, 3.8) is 0 Å². The Morgan fingerprint density at radius 3 is 1.88 bits per heavy atom. The summed E-state index contributed by atoms with van der Waals surface area (Å²) in [6.45, 7) is 1.93. The van der Waals surface area contributed by atoms with E-state index >= 15 is 0 Å². The first-order valence-corrected chi connectivity index (χ1v) is 7.99. The molecule has 0 radical (unpaired) electrons. The minimum absolute atomic E-state index is 0.184. The van der Waals surface area contributed by atoms with Gasteiger partial charge in [0, 0.05) is 4.47 Å². The number of nitro groups is 1. The Morgan fingerprint density at radius 1 is 0.920 bits per heavy atom. The number of hydrogen-bond donors (Lipinski definition) is 0. The molecule has 0 fully saturated rings. The van der Waals surface area contributed by atoms with E-state index in [2.05, 4.69) is 25.9 Å². The second-order valence-corrected chi connectivity index (χ2v) is 5.98. The van der Waals surface area contributed by atoms with Gasteiger partial charge in [-0.1, -0.05) is 33.6 Å². The molecule has 3 aromatic rings. The molecule has 25 heavy (non-hydrogen) atoms. The van der Waals surface area contributed by atoms with Gasteiger partial charge in [-0.15, -0.1) is 0 Å². The van der Waals surface area contributed by atoms with Gasteiger partial charge in [0.05, 0.1) is 4.92 Å². The Morgan fingerprint density at radius 2 is 1.40 bits per heavy atom. The molecule has 126 valence electrons. The Balaban J connectivity index is 1.94. The predicted molar refractivity (Wildman–Crippen MR) is 94.2 cm³/mol. The summed E-state index contributed by atoms with van der Waals surface area (Å²) in [6, 6.07) is 13.9. The average molecular weight is 402 g/mol. The topological polar surface area (TPSA) is 87.4 Å². The molecular weight excluding hydrogens is 390 g/mol. The van der Waals surface area contributed by atoms with Gasteiger partial charge in [-0.25, -0.2) is 0 Å². The van der Waals surface area contributed by atoms with Crippen molar-refractivity contribution in [2.45, 2.75) is 6.92 Å². The van der Waals surface area contributed by atoms with Crippen LogP contribution in [0, 0.1) is 17.0 Å². The summed E-state index contributed by atoms with van der Waals surface area (Å²) in [4.78, 5) is 18.6. The van der Waals surface area contributed by atoms with Crippen molar-refractivity contribution in [3.8, 4) is 23.3 Å². The molecule has 0 N–H and O–H groups in total. The fourth-order valence-electron chi connectivity index (χ4n) is 1.99. The van der Waals surface area contributed by atoms with E-state index in [4.69, 9.17) is 9.47 Å². The SMILES string of the molecule is Cc1ccc(Oc2ncnc(Oc3ccc(Br)cc3)c2[N+](=O)[O-])cc1. The van der Waals surface area contributed by atoms with Gasteiger partial charge < -0.3 is 9.47 Å². The Labute approximate surface area is 151 Å². The van der Waals surface area contributed by atoms with Gasteiger partial charge in [0.1, 0.15) is 17.8 Å². The van der Waals surface area contributed by atoms with Crippen molar-refractivity contribution < 1.29 is 14.4 Å². The second kappa shape index (κ2) is 7.27. The number of ether oxygens (including phenoxy) is 2. The van der Waals surface area contributed by atoms with E-state index in [0.29, 0.717) is 11.5 Å². The number of benzene rings is 2. The fourth-order valence-corrected chi connectivity index (χ4v) is 2.25. The Bertz CT molecular complexity index is 833. The van der Waals surface area contributed by atoms with E-state index in [1.54, 1.807) is 36.4 Å². The third kappa shape index (κ3) is 4.10. The molecule has 0 saturated carbocycles. The molecule has 2 aromatic carbocycles. The third-order valence-corrected chi connectivity index (χ3v) is 3.73. The number of aryl methyl sites for hydroxylation is 1. The largest absolute Gasteiger partial charge is 0.433 e. The van der Waals surface area contributed by atoms with Crippen LogP contribution in [0.5, 0.6) is 23.3 Å². The molecule has 0 bridgehead atoms. The smallest absolute Gasteiger partial charge is 0.393 e. The third-order valence-electron chi connectivity index (χ3n) is 3.20. The summed E-state index contributed by atoms with van der Waals surface area (Å²) in [5, 5.41) is 11.5. The highest BCUT2D eigenvalue weighted by Gasteiger charge is 2.27. The normalized spacial score (nSPS) is 10.3. The summed E-state index contributed by atoms with van der Waals surface area (Å²) < 4.78 is 11.9. The van der Waals surface area contributed by atoms with Crippen LogP contribution in [0.25, 0.3) is 0 Å². The molecule has 0 amide bonds. The Kier molecular flexibility index (Phi) is 4.90. The maximum absolute atomic E-state index is 11.5. The average Bonchev–Trinajstić information content (AvgIpc) is 2.59. The number of halogens is 1. The molecule has 0 atom stereocenters. The van der Waals surface area contributed by atoms with Crippen LogP contribution < -0.4 is 9.47 Å². The van der Waals surface area contributed by atoms with Gasteiger partial charge >= 0.3 is 17.4 Å². The van der Waals surface area contributed by atoms with E-state index in [1.807, 2.05) is 19.1 Å². The zero-order valence-corrected chi connectivity index (χ0v) is 14.6. The monoisotopic (exact) mass is 401 g/mol. The molecule has 0 aliphatic heterocycles. The van der Waals surface area contributed by atoms with Gasteiger partial charge in [-0.05, 0) is 43.3 Å². The molecule has 0 aliphatic rings. The van der Waals surface area contributed by atoms with Crippen molar-refractivity contribution in [1.82, 2.24) is 9.97 Å². The standard InChI is InChI=1S/C17H12BrN3O4/c1-11-2-6-13(7-3-11)24-16-15(21(22)23)17(20-10-19-16)25-14-8-4-12(18)5-9-14/h2-10H,1H3. The molecule has 1 aromatic heterocycles. The highest BCUT2D eigenvalue weighted by molar-refractivity contribution is 9.10. The zero-order valence-electron chi connectivity index (χ0n) is 13.0. The first-order valence-electron chi connectivity index (χ1n) is 7.20. The maximum atomic E-state index is 11.5. The van der Waals surface area contributed by atoms with E-state index in [1.165, 1.54) is 0 Å². The first-order chi connectivity index (χ1) is 12.0. The van der Waals surface area contributed by atoms with Crippen LogP contribution in [0.1, 0.15) is 5.56 Å². The molecule has 3 rings (SSSR count). The van der Waals surface area contributed by atoms with Crippen LogP contribution in [0.4, 0.5) is 5.69 Å². The van der Waals surface area contributed by atoms with Crippen molar-refractivity contribution in [3.05, 3.63) is 75.0 Å². The van der Waals surface area contributed by atoms with Crippen molar-refractivity contribution in [1.29, 1.82) is 0 Å². The molecule has 0 aliphatic carbocycles. The first kappa shape index (κ1) is 16.8. The lowest BCUT2D eigenvalue weighted by Gasteiger charge is -2.09. The Hall–Kier alpha value is -3.00. The minimum atomic E-state index is -0.627. The molecule has 0 unspecified atom stereocenters. The van der Waals surface area contributed by atoms with Crippen LogP contribution in [0.2, 0.25) is 0 Å². The van der Waals surface area contributed by atoms with Gasteiger partial charge in [0.25, 0.3) is 0 Å². The van der Waals surface area contributed by atoms with Crippen LogP contribution in [-0.2, 0) is 0 Å². The quantitative estimate of drug-likeness (QED) is 0.439. The summed E-state index contributed by atoms with van der Waals surface area (Å²) in [5.41, 5.74) is 0.606. The molecule has 8 heteroatoms. The molecule has 0 spiro atoms. The lowest BCUT2D eigenvalue weighted by atomic mass is 10.2. The van der Waals surface area contributed by atoms with Gasteiger partial charge in [0.2, 0.25) is 0 Å². The van der Waals surface area contributed by atoms with E-state index < -0.39 is 10.6 Å². The summed E-state index contributed by atoms with van der Waals surface area (Å²) in [7, 11) is 0. The highest BCUT2D eigenvalue weighted by atomic mass is 79.9. The van der Waals surface area contributed by atoms with Crippen molar-refractivity contribution in [2.24, 2.45) is 0 Å². The van der Waals surface area contributed by atoms with Crippen LogP contribution in [0.15, 0.2) is 59.3 Å². The molecular formula is C17H12BrN3O4. The van der Waals surface area contributed by atoms with Crippen molar-refractivity contribution >= 4 is 21.6 Å². The highest BCUT2D eigenvalue weighted by Crippen LogP contribution is 2.37. The molecule has 0 saturated heterocycles. The van der Waals surface area contributed by atoms with E-state index in [9.17, 15) is 10.1 Å². The zero-order chi connectivity index (χ0) is 17.8. The predicted octanol–water partition coefficient (Wildman–Crippen LogP) is 5.04. The summed E-state index contributed by atoms with van der Waals surface area (Å²) in [5.74, 6) is 0.466. The fraction of sp³-hybridized carbons (Fsp3) is 0.0588. The summed E-state index contributed by atoms with van der Waals surface area (Å²) in [6.07, 6.45) is 1.16. The van der Waals surface area contributed by atoms with Crippen molar-refractivity contribution in [2.75, 3.05) is 0 Å². The number of nitrogens with zero attached hydrogens (tertiary/aromatic N) is 3. The molecule has 7 nitrogen and oxygen atoms in total. The van der Waals surface area contributed by atoms with Crippen LogP contribution >= 0.6 is 15.9 Å². The summed E-state index contributed by atoms with van der Waals surface area (Å²) >= 11 is 3.31. The van der Waals surface area contributed by atoms with E-state index in [0.717, 1.165) is 16.4 Å².